The second kappa shape index (κ2) is 7.29. The number of nitrogens with zero attached hydrogens (tertiary/aromatic N) is 1. The van der Waals surface area contributed by atoms with Gasteiger partial charge < -0.3 is 14.6 Å². The van der Waals surface area contributed by atoms with Gasteiger partial charge in [-0.25, -0.2) is 0 Å². The van der Waals surface area contributed by atoms with Crippen LogP contribution >= 0.6 is 0 Å². The van der Waals surface area contributed by atoms with E-state index in [-0.39, 0.29) is 11.9 Å². The summed E-state index contributed by atoms with van der Waals surface area (Å²) in [6.07, 6.45) is 8.58. The molecule has 20 heavy (non-hydrogen) atoms. The third kappa shape index (κ3) is 4.23. The molecule has 2 heterocycles. The van der Waals surface area contributed by atoms with Gasteiger partial charge in [-0.05, 0) is 51.4 Å². The maximum atomic E-state index is 12.3. The second-order valence-electron chi connectivity index (χ2n) is 5.58. The van der Waals surface area contributed by atoms with Gasteiger partial charge in [0.2, 0.25) is 5.91 Å². The van der Waals surface area contributed by atoms with Crippen LogP contribution in [0.1, 0.15) is 38.9 Å². The van der Waals surface area contributed by atoms with Crippen LogP contribution < -0.4 is 5.32 Å². The summed E-state index contributed by atoms with van der Waals surface area (Å²) >= 11 is 0. The van der Waals surface area contributed by atoms with Gasteiger partial charge in [0.15, 0.2) is 0 Å². The molecule has 110 valence electrons. The van der Waals surface area contributed by atoms with Gasteiger partial charge in [-0.3, -0.25) is 4.79 Å². The predicted octanol–water partition coefficient (Wildman–Crippen LogP) is 2.67. The lowest BCUT2D eigenvalue weighted by molar-refractivity contribution is -0.128. The van der Waals surface area contributed by atoms with Gasteiger partial charge >= 0.3 is 0 Å². The molecule has 1 amide bonds. The summed E-state index contributed by atoms with van der Waals surface area (Å²) < 4.78 is 5.20. The van der Waals surface area contributed by atoms with Crippen LogP contribution in [0.25, 0.3) is 6.08 Å². The fraction of sp³-hybridized carbons (Fsp3) is 0.562. The van der Waals surface area contributed by atoms with Crippen molar-refractivity contribution >= 4 is 12.0 Å². The number of carbonyl (C=O) groups is 1. The van der Waals surface area contributed by atoms with Crippen molar-refractivity contribution in [2.24, 2.45) is 0 Å². The zero-order chi connectivity index (χ0) is 14.4. The first kappa shape index (κ1) is 14.9. The van der Waals surface area contributed by atoms with Crippen molar-refractivity contribution < 1.29 is 9.21 Å². The molecule has 1 atom stereocenters. The molecule has 1 saturated heterocycles. The normalized spacial score (nSPS) is 19.6. The van der Waals surface area contributed by atoms with Crippen LogP contribution in [0.3, 0.4) is 0 Å². The molecule has 1 aromatic rings. The molecular formula is C16H24N2O2. The van der Waals surface area contributed by atoms with Crippen molar-refractivity contribution in [3.63, 3.8) is 0 Å². The van der Waals surface area contributed by atoms with Crippen LogP contribution in [0, 0.1) is 0 Å². The molecule has 0 aromatic carbocycles. The highest BCUT2D eigenvalue weighted by Crippen LogP contribution is 2.11. The Labute approximate surface area is 120 Å². The molecule has 0 aliphatic carbocycles. The number of rotatable bonds is 5. The first-order chi connectivity index (χ1) is 9.66. The molecule has 0 saturated carbocycles. The molecule has 0 bridgehead atoms. The average molecular weight is 276 g/mol. The van der Waals surface area contributed by atoms with Crippen LogP contribution in [0.2, 0.25) is 0 Å². The number of amides is 1. The Bertz CT molecular complexity index is 431. The zero-order valence-electron chi connectivity index (χ0n) is 12.3. The van der Waals surface area contributed by atoms with E-state index >= 15 is 0 Å². The third-order valence-electron chi connectivity index (χ3n) is 3.67. The highest BCUT2D eigenvalue weighted by atomic mass is 16.3. The van der Waals surface area contributed by atoms with Crippen molar-refractivity contribution in [1.29, 1.82) is 0 Å². The van der Waals surface area contributed by atoms with E-state index in [4.69, 9.17) is 4.42 Å². The Hall–Kier alpha value is -1.55. The quantitative estimate of drug-likeness (QED) is 0.841. The maximum Gasteiger partial charge on any atom is 0.246 e. The number of carbonyl (C=O) groups excluding carboxylic acids is 1. The smallest absolute Gasteiger partial charge is 0.246 e. The van der Waals surface area contributed by atoms with Gasteiger partial charge in [-0.2, -0.15) is 0 Å². The molecule has 0 spiro atoms. The van der Waals surface area contributed by atoms with E-state index < -0.39 is 0 Å². The van der Waals surface area contributed by atoms with E-state index in [1.54, 1.807) is 18.4 Å². The second-order valence-corrected chi connectivity index (χ2v) is 5.58. The summed E-state index contributed by atoms with van der Waals surface area (Å²) in [4.78, 5) is 14.2. The highest BCUT2D eigenvalue weighted by Gasteiger charge is 2.21. The molecule has 1 unspecified atom stereocenters. The van der Waals surface area contributed by atoms with E-state index in [1.807, 2.05) is 17.0 Å². The van der Waals surface area contributed by atoms with Crippen molar-refractivity contribution in [3.05, 3.63) is 30.2 Å². The van der Waals surface area contributed by atoms with Crippen molar-refractivity contribution in [2.75, 3.05) is 13.1 Å². The maximum absolute atomic E-state index is 12.3. The van der Waals surface area contributed by atoms with Crippen LogP contribution in [-0.2, 0) is 4.79 Å². The van der Waals surface area contributed by atoms with Crippen LogP contribution in [0.15, 0.2) is 28.9 Å². The molecule has 1 N–H and O–H groups in total. The van der Waals surface area contributed by atoms with Gasteiger partial charge in [-0.1, -0.05) is 6.42 Å². The number of piperidine rings is 1. The standard InChI is InChI=1S/C16H24N2O2/c1-13(2)18(12-14-6-3-4-10-17-14)16(19)9-8-15-7-5-11-20-15/h5,7-9,11,13-14,17H,3-4,6,10,12H2,1-2H3/b9-8+. The fourth-order valence-corrected chi connectivity index (χ4v) is 2.51. The molecule has 0 radical (unpaired) electrons. The Morgan fingerprint density at radius 2 is 2.40 bits per heavy atom. The van der Waals surface area contributed by atoms with Crippen molar-refractivity contribution in [3.8, 4) is 0 Å². The van der Waals surface area contributed by atoms with E-state index in [1.165, 1.54) is 12.8 Å². The van der Waals surface area contributed by atoms with Crippen molar-refractivity contribution in [2.45, 2.75) is 45.2 Å². The van der Waals surface area contributed by atoms with E-state index in [9.17, 15) is 4.79 Å². The lowest BCUT2D eigenvalue weighted by Gasteiger charge is -2.32. The van der Waals surface area contributed by atoms with Gasteiger partial charge in [-0.15, -0.1) is 0 Å². The summed E-state index contributed by atoms with van der Waals surface area (Å²) in [6, 6.07) is 4.28. The van der Waals surface area contributed by atoms with Gasteiger partial charge in [0.1, 0.15) is 5.76 Å². The highest BCUT2D eigenvalue weighted by molar-refractivity contribution is 5.91. The van der Waals surface area contributed by atoms with E-state index in [0.717, 1.165) is 19.5 Å². The minimum Gasteiger partial charge on any atom is -0.465 e. The average Bonchev–Trinajstić information content (AvgIpc) is 2.96. The molecule has 2 rings (SSSR count). The summed E-state index contributed by atoms with van der Waals surface area (Å²) in [5.41, 5.74) is 0. The minimum absolute atomic E-state index is 0.0452. The van der Waals surface area contributed by atoms with Crippen molar-refractivity contribution in [1.82, 2.24) is 10.2 Å². The molecule has 1 aliphatic heterocycles. The third-order valence-corrected chi connectivity index (χ3v) is 3.67. The van der Waals surface area contributed by atoms with Gasteiger partial charge in [0.05, 0.1) is 6.26 Å². The number of hydrogen-bond acceptors (Lipinski definition) is 3. The predicted molar refractivity (Wildman–Crippen MR) is 80.2 cm³/mol. The largest absolute Gasteiger partial charge is 0.465 e. The Balaban J connectivity index is 1.94. The molecule has 1 fully saturated rings. The number of furan rings is 1. The molecule has 4 nitrogen and oxygen atoms in total. The lowest BCUT2D eigenvalue weighted by atomic mass is 10.0. The van der Waals surface area contributed by atoms with E-state index in [0.29, 0.717) is 11.8 Å². The summed E-state index contributed by atoms with van der Waals surface area (Å²) in [7, 11) is 0. The Kier molecular flexibility index (Phi) is 5.41. The molecular weight excluding hydrogens is 252 g/mol. The Morgan fingerprint density at radius 3 is 3.00 bits per heavy atom. The fourth-order valence-electron chi connectivity index (χ4n) is 2.51. The number of hydrogen-bond donors (Lipinski definition) is 1. The SMILES string of the molecule is CC(C)N(CC1CCCCN1)C(=O)/C=C/c1ccco1. The lowest BCUT2D eigenvalue weighted by Crippen LogP contribution is -2.47. The topological polar surface area (TPSA) is 45.5 Å². The Morgan fingerprint density at radius 1 is 1.55 bits per heavy atom. The molecule has 1 aromatic heterocycles. The van der Waals surface area contributed by atoms with Crippen LogP contribution in [-0.4, -0.2) is 36.0 Å². The first-order valence-electron chi connectivity index (χ1n) is 7.42. The molecule has 4 heteroatoms. The first-order valence-corrected chi connectivity index (χ1v) is 7.42. The zero-order valence-corrected chi connectivity index (χ0v) is 12.3. The minimum atomic E-state index is 0.0452. The van der Waals surface area contributed by atoms with Crippen LogP contribution in [0.4, 0.5) is 0 Å². The summed E-state index contributed by atoms with van der Waals surface area (Å²) in [5.74, 6) is 0.752. The van der Waals surface area contributed by atoms with Crippen LogP contribution in [0.5, 0.6) is 0 Å². The molecule has 1 aliphatic rings. The summed E-state index contributed by atoms with van der Waals surface area (Å²) in [5, 5.41) is 3.49. The number of nitrogens with one attached hydrogen (secondary N) is 1. The van der Waals surface area contributed by atoms with E-state index in [2.05, 4.69) is 19.2 Å². The van der Waals surface area contributed by atoms with Gasteiger partial charge in [0, 0.05) is 24.7 Å². The van der Waals surface area contributed by atoms with Gasteiger partial charge in [0.25, 0.3) is 0 Å². The summed E-state index contributed by atoms with van der Waals surface area (Å²) in [6.45, 7) is 5.95. The monoisotopic (exact) mass is 276 g/mol.